The van der Waals surface area contributed by atoms with Crippen LogP contribution in [0.3, 0.4) is 0 Å². The lowest BCUT2D eigenvalue weighted by atomic mass is 10.1. The smallest absolute Gasteiger partial charge is 0.226 e. The van der Waals surface area contributed by atoms with E-state index in [0.717, 1.165) is 42.9 Å². The Morgan fingerprint density at radius 3 is 3.00 bits per heavy atom. The van der Waals surface area contributed by atoms with Gasteiger partial charge in [0.2, 0.25) is 5.91 Å². The molecule has 4 nitrogen and oxygen atoms in total. The monoisotopic (exact) mass is 331 g/mol. The van der Waals surface area contributed by atoms with Gasteiger partial charge in [-0.25, -0.2) is 4.98 Å². The maximum absolute atomic E-state index is 12.6. The van der Waals surface area contributed by atoms with Crippen molar-refractivity contribution in [3.63, 3.8) is 0 Å². The van der Waals surface area contributed by atoms with Crippen LogP contribution in [-0.2, 0) is 4.79 Å². The second-order valence-electron chi connectivity index (χ2n) is 6.16. The molecule has 0 spiro atoms. The van der Waals surface area contributed by atoms with Crippen LogP contribution in [-0.4, -0.2) is 27.3 Å². The molecule has 1 N–H and O–H groups in total. The Labute approximate surface area is 141 Å². The van der Waals surface area contributed by atoms with Crippen LogP contribution in [0.1, 0.15) is 45.0 Å². The van der Waals surface area contributed by atoms with Gasteiger partial charge in [-0.15, -0.1) is 0 Å². The van der Waals surface area contributed by atoms with Crippen LogP contribution in [0.5, 0.6) is 0 Å². The summed E-state index contributed by atoms with van der Waals surface area (Å²) in [5, 5.41) is 0.696. The van der Waals surface area contributed by atoms with Crippen LogP contribution >= 0.6 is 11.6 Å². The highest BCUT2D eigenvalue weighted by molar-refractivity contribution is 6.33. The van der Waals surface area contributed by atoms with Crippen molar-refractivity contribution in [2.24, 2.45) is 5.92 Å². The molecule has 2 aromatic rings. The first-order chi connectivity index (χ1) is 11.1. The number of aromatic nitrogens is 2. The summed E-state index contributed by atoms with van der Waals surface area (Å²) in [6.07, 6.45) is 4.65. The van der Waals surface area contributed by atoms with Crippen molar-refractivity contribution >= 4 is 17.5 Å². The summed E-state index contributed by atoms with van der Waals surface area (Å²) >= 11 is 6.25. The fourth-order valence-electron chi connectivity index (χ4n) is 3.09. The molecule has 1 aliphatic heterocycles. The topological polar surface area (TPSA) is 49.0 Å². The molecular weight excluding hydrogens is 310 g/mol. The van der Waals surface area contributed by atoms with Crippen LogP contribution < -0.4 is 0 Å². The summed E-state index contributed by atoms with van der Waals surface area (Å²) < 4.78 is 0. The van der Waals surface area contributed by atoms with Gasteiger partial charge in [-0.2, -0.15) is 0 Å². The largest absolute Gasteiger partial charge is 0.340 e. The number of nitrogens with zero attached hydrogens (tertiary/aromatic N) is 2. The Hall–Kier alpha value is -1.81. The van der Waals surface area contributed by atoms with Gasteiger partial charge in [-0.3, -0.25) is 4.79 Å². The Kier molecular flexibility index (Phi) is 4.71. The molecule has 2 atom stereocenters. The molecule has 3 rings (SSSR count). The van der Waals surface area contributed by atoms with E-state index in [9.17, 15) is 4.79 Å². The summed E-state index contributed by atoms with van der Waals surface area (Å²) in [5.41, 5.74) is 1.83. The zero-order valence-corrected chi connectivity index (χ0v) is 14.3. The first kappa shape index (κ1) is 16.1. The summed E-state index contributed by atoms with van der Waals surface area (Å²) in [5.74, 6) is 1.15. The van der Waals surface area contributed by atoms with E-state index in [2.05, 4.69) is 16.9 Å². The number of carbonyl (C=O) groups excluding carboxylic acids is 1. The molecule has 1 aliphatic rings. The predicted octanol–water partition coefficient (Wildman–Crippen LogP) is 4.44. The molecule has 1 aromatic heterocycles. The lowest BCUT2D eigenvalue weighted by molar-refractivity contribution is -0.136. The fraction of sp³-hybridized carbons (Fsp3) is 0.444. The number of carbonyl (C=O) groups is 1. The number of hydrogen-bond donors (Lipinski definition) is 1. The average molecular weight is 332 g/mol. The molecule has 0 saturated carbocycles. The molecule has 0 aliphatic carbocycles. The summed E-state index contributed by atoms with van der Waals surface area (Å²) in [6, 6.07) is 7.75. The first-order valence-electron chi connectivity index (χ1n) is 8.22. The number of benzene rings is 1. The van der Waals surface area contributed by atoms with Crippen LogP contribution in [0.25, 0.3) is 11.3 Å². The van der Waals surface area contributed by atoms with E-state index in [-0.39, 0.29) is 17.9 Å². The minimum absolute atomic E-state index is 0.0488. The third kappa shape index (κ3) is 3.13. The van der Waals surface area contributed by atoms with E-state index in [0.29, 0.717) is 5.02 Å². The summed E-state index contributed by atoms with van der Waals surface area (Å²) in [7, 11) is 0. The van der Waals surface area contributed by atoms with E-state index in [4.69, 9.17) is 11.6 Å². The average Bonchev–Trinajstić information content (AvgIpc) is 3.22. The number of rotatable bonds is 4. The molecular formula is C18H22ClN3O. The Morgan fingerprint density at radius 1 is 1.48 bits per heavy atom. The van der Waals surface area contributed by atoms with Crippen LogP contribution in [0.15, 0.2) is 30.5 Å². The standard InChI is InChI=1S/C18H22ClN3O/c1-3-12(2)18(23)22-10-6-9-16(22)17-20-11-15(21-17)13-7-4-5-8-14(13)19/h4-5,7-8,11-12,16H,3,6,9-10H2,1-2H3,(H,20,21)/t12-,16+/m1/s1. The lowest BCUT2D eigenvalue weighted by Gasteiger charge is -2.26. The molecule has 2 heterocycles. The molecule has 5 heteroatoms. The van der Waals surface area contributed by atoms with Crippen molar-refractivity contribution in [2.45, 2.75) is 39.2 Å². The fourth-order valence-corrected chi connectivity index (χ4v) is 3.33. The van der Waals surface area contributed by atoms with Crippen LogP contribution in [0, 0.1) is 5.92 Å². The quantitative estimate of drug-likeness (QED) is 0.900. The van der Waals surface area contributed by atoms with Crippen LogP contribution in [0.4, 0.5) is 0 Å². The normalized spacial score (nSPS) is 19.1. The number of amides is 1. The second kappa shape index (κ2) is 6.75. The Balaban J connectivity index is 1.85. The van der Waals surface area contributed by atoms with Gasteiger partial charge in [0.1, 0.15) is 5.82 Å². The SMILES string of the molecule is CC[C@@H](C)C(=O)N1CCC[C@H]1c1ncc(-c2ccccc2Cl)[nH]1. The van der Waals surface area contributed by atoms with E-state index in [1.54, 1.807) is 6.20 Å². The molecule has 0 radical (unpaired) electrons. The molecule has 1 amide bonds. The molecule has 0 bridgehead atoms. The number of imidazole rings is 1. The molecule has 122 valence electrons. The van der Waals surface area contributed by atoms with E-state index in [1.165, 1.54) is 0 Å². The Morgan fingerprint density at radius 2 is 2.26 bits per heavy atom. The molecule has 23 heavy (non-hydrogen) atoms. The van der Waals surface area contributed by atoms with Gasteiger partial charge in [-0.05, 0) is 25.3 Å². The van der Waals surface area contributed by atoms with Crippen molar-refractivity contribution in [1.29, 1.82) is 0 Å². The van der Waals surface area contributed by atoms with E-state index in [1.807, 2.05) is 36.1 Å². The number of nitrogens with one attached hydrogen (secondary N) is 1. The van der Waals surface area contributed by atoms with Gasteiger partial charge in [0.05, 0.1) is 17.9 Å². The molecule has 0 unspecified atom stereocenters. The van der Waals surface area contributed by atoms with Crippen molar-refractivity contribution in [3.05, 3.63) is 41.3 Å². The highest BCUT2D eigenvalue weighted by atomic mass is 35.5. The number of H-pyrrole nitrogens is 1. The third-order valence-corrected chi connectivity index (χ3v) is 4.97. The second-order valence-corrected chi connectivity index (χ2v) is 6.57. The van der Waals surface area contributed by atoms with E-state index < -0.39 is 0 Å². The number of likely N-dealkylation sites (tertiary alicyclic amines) is 1. The highest BCUT2D eigenvalue weighted by Crippen LogP contribution is 2.34. The van der Waals surface area contributed by atoms with Gasteiger partial charge in [0.25, 0.3) is 0 Å². The van der Waals surface area contributed by atoms with Gasteiger partial charge in [-0.1, -0.05) is 43.6 Å². The van der Waals surface area contributed by atoms with Crippen molar-refractivity contribution < 1.29 is 4.79 Å². The number of halogens is 1. The van der Waals surface area contributed by atoms with Gasteiger partial charge in [0.15, 0.2) is 0 Å². The van der Waals surface area contributed by atoms with Gasteiger partial charge < -0.3 is 9.88 Å². The van der Waals surface area contributed by atoms with E-state index >= 15 is 0 Å². The number of aromatic amines is 1. The molecule has 1 aromatic carbocycles. The van der Waals surface area contributed by atoms with Gasteiger partial charge in [0, 0.05) is 23.0 Å². The van der Waals surface area contributed by atoms with Crippen LogP contribution in [0.2, 0.25) is 5.02 Å². The first-order valence-corrected chi connectivity index (χ1v) is 8.60. The minimum Gasteiger partial charge on any atom is -0.340 e. The minimum atomic E-state index is 0.0488. The molecule has 1 fully saturated rings. The zero-order chi connectivity index (χ0) is 16.4. The van der Waals surface area contributed by atoms with Crippen molar-refractivity contribution in [3.8, 4) is 11.3 Å². The predicted molar refractivity (Wildman–Crippen MR) is 92.2 cm³/mol. The Bertz CT molecular complexity index is 697. The van der Waals surface area contributed by atoms with Crippen molar-refractivity contribution in [1.82, 2.24) is 14.9 Å². The summed E-state index contributed by atoms with van der Waals surface area (Å²) in [6.45, 7) is 4.86. The maximum Gasteiger partial charge on any atom is 0.226 e. The van der Waals surface area contributed by atoms with Crippen molar-refractivity contribution in [2.75, 3.05) is 6.54 Å². The third-order valence-electron chi connectivity index (χ3n) is 4.64. The molecule has 1 saturated heterocycles. The maximum atomic E-state index is 12.6. The summed E-state index contributed by atoms with van der Waals surface area (Å²) in [4.78, 5) is 22.4. The highest BCUT2D eigenvalue weighted by Gasteiger charge is 2.33. The lowest BCUT2D eigenvalue weighted by Crippen LogP contribution is -2.34. The number of hydrogen-bond acceptors (Lipinski definition) is 2. The zero-order valence-electron chi connectivity index (χ0n) is 13.6. The van der Waals surface area contributed by atoms with Gasteiger partial charge >= 0.3 is 0 Å².